The van der Waals surface area contributed by atoms with Crippen molar-refractivity contribution in [2.75, 3.05) is 19.1 Å². The molecule has 160 valence electrons. The van der Waals surface area contributed by atoms with Crippen molar-refractivity contribution in [2.45, 2.75) is 37.8 Å². The van der Waals surface area contributed by atoms with E-state index in [1.165, 1.54) is 17.8 Å². The van der Waals surface area contributed by atoms with Crippen molar-refractivity contribution in [2.24, 2.45) is 0 Å². The van der Waals surface area contributed by atoms with Crippen LogP contribution in [-0.2, 0) is 9.84 Å². The summed E-state index contributed by atoms with van der Waals surface area (Å²) < 4.78 is 38.5. The maximum atomic E-state index is 13.0. The highest BCUT2D eigenvalue weighted by Crippen LogP contribution is 2.35. The van der Waals surface area contributed by atoms with Gasteiger partial charge in [0.2, 0.25) is 0 Å². The van der Waals surface area contributed by atoms with Crippen molar-refractivity contribution in [3.8, 4) is 11.5 Å². The lowest BCUT2D eigenvalue weighted by Crippen LogP contribution is -2.26. The summed E-state index contributed by atoms with van der Waals surface area (Å²) in [7, 11) is -1.77. The zero-order chi connectivity index (χ0) is 21.3. The van der Waals surface area contributed by atoms with E-state index in [1.54, 1.807) is 23.2 Å². The van der Waals surface area contributed by atoms with Gasteiger partial charge in [0.15, 0.2) is 11.5 Å². The summed E-state index contributed by atoms with van der Waals surface area (Å²) >= 11 is 1.28. The third kappa shape index (κ3) is 4.39. The average Bonchev–Trinajstić information content (AvgIpc) is 3.34. The summed E-state index contributed by atoms with van der Waals surface area (Å²) in [5.41, 5.74) is 0.529. The van der Waals surface area contributed by atoms with Gasteiger partial charge >= 0.3 is 0 Å². The lowest BCUT2D eigenvalue weighted by Gasteiger charge is -2.21. The summed E-state index contributed by atoms with van der Waals surface area (Å²) in [6.07, 6.45) is 5.60. The third-order valence-corrected chi connectivity index (χ3v) is 7.52. The molecule has 1 aromatic heterocycles. The molecule has 3 aromatic rings. The molecular formula is C22H25NO5S2. The van der Waals surface area contributed by atoms with Crippen LogP contribution >= 0.6 is 11.5 Å². The number of methoxy groups -OCH3 is 1. The van der Waals surface area contributed by atoms with Crippen molar-refractivity contribution >= 4 is 31.5 Å². The summed E-state index contributed by atoms with van der Waals surface area (Å²) in [5, 5.41) is 0.594. The van der Waals surface area contributed by atoms with Crippen molar-refractivity contribution < 1.29 is 17.9 Å². The molecule has 1 atom stereocenters. The molecule has 1 heterocycles. The second-order valence-electron chi connectivity index (χ2n) is 7.76. The highest BCUT2D eigenvalue weighted by atomic mass is 32.2. The van der Waals surface area contributed by atoms with Gasteiger partial charge in [-0.15, -0.1) is 0 Å². The Labute approximate surface area is 180 Å². The average molecular weight is 448 g/mol. The van der Waals surface area contributed by atoms with Crippen LogP contribution in [0, 0.1) is 0 Å². The summed E-state index contributed by atoms with van der Waals surface area (Å²) in [6, 6.07) is 12.1. The number of hydrogen-bond acceptors (Lipinski definition) is 6. The maximum absolute atomic E-state index is 13.0. The molecule has 0 unspecified atom stereocenters. The second kappa shape index (κ2) is 8.43. The van der Waals surface area contributed by atoms with Gasteiger partial charge in [0.25, 0.3) is 5.56 Å². The van der Waals surface area contributed by atoms with Gasteiger partial charge in [-0.25, -0.2) is 8.42 Å². The van der Waals surface area contributed by atoms with Crippen molar-refractivity contribution in [3.63, 3.8) is 0 Å². The number of ether oxygens (including phenoxy) is 2. The molecule has 0 saturated heterocycles. The Hall–Kier alpha value is -2.32. The zero-order valence-electron chi connectivity index (χ0n) is 17.0. The van der Waals surface area contributed by atoms with Crippen LogP contribution in [0.25, 0.3) is 10.1 Å². The fourth-order valence-corrected chi connectivity index (χ4v) is 6.08. The monoisotopic (exact) mass is 447 g/mol. The first-order valence-corrected chi connectivity index (χ1v) is 12.8. The van der Waals surface area contributed by atoms with E-state index in [0.717, 1.165) is 30.4 Å². The van der Waals surface area contributed by atoms with E-state index in [0.29, 0.717) is 22.4 Å². The summed E-state index contributed by atoms with van der Waals surface area (Å²) in [5.74, 6) is 1.02. The number of hydrogen-bond donors (Lipinski definition) is 0. The van der Waals surface area contributed by atoms with E-state index in [2.05, 4.69) is 0 Å². The molecule has 1 fully saturated rings. The molecule has 6 nitrogen and oxygen atoms in total. The van der Waals surface area contributed by atoms with Crippen LogP contribution in [0.5, 0.6) is 11.5 Å². The Morgan fingerprint density at radius 3 is 2.53 bits per heavy atom. The van der Waals surface area contributed by atoms with Crippen LogP contribution in [0.4, 0.5) is 0 Å². The lowest BCUT2D eigenvalue weighted by molar-refractivity contribution is 0.200. The van der Waals surface area contributed by atoms with Crippen LogP contribution in [0.1, 0.15) is 37.3 Å². The Bertz CT molecular complexity index is 1210. The predicted molar refractivity (Wildman–Crippen MR) is 120 cm³/mol. The van der Waals surface area contributed by atoms with Gasteiger partial charge in [-0.05, 0) is 55.5 Å². The molecule has 0 radical (unpaired) electrons. The summed E-state index contributed by atoms with van der Waals surface area (Å²) in [4.78, 5) is 13.0. The van der Waals surface area contributed by atoms with E-state index in [4.69, 9.17) is 9.47 Å². The lowest BCUT2D eigenvalue weighted by atomic mass is 10.1. The van der Waals surface area contributed by atoms with Crippen LogP contribution in [-0.4, -0.2) is 37.6 Å². The number of fused-ring (bicyclic) bond motifs is 1. The van der Waals surface area contributed by atoms with Gasteiger partial charge in [0.1, 0.15) is 9.84 Å². The molecule has 1 saturated carbocycles. The number of aromatic nitrogens is 1. The molecule has 4 rings (SSSR count). The van der Waals surface area contributed by atoms with E-state index in [1.807, 2.05) is 30.3 Å². The molecule has 0 amide bonds. The quantitative estimate of drug-likeness (QED) is 0.547. The Morgan fingerprint density at radius 2 is 1.87 bits per heavy atom. The van der Waals surface area contributed by atoms with Gasteiger partial charge in [0, 0.05) is 6.26 Å². The van der Waals surface area contributed by atoms with Crippen molar-refractivity contribution in [3.05, 3.63) is 58.4 Å². The first-order valence-electron chi connectivity index (χ1n) is 9.98. The Balaban J connectivity index is 1.80. The van der Waals surface area contributed by atoms with Crippen LogP contribution in [0.3, 0.4) is 0 Å². The van der Waals surface area contributed by atoms with Gasteiger partial charge in [-0.3, -0.25) is 8.75 Å². The fourth-order valence-electron chi connectivity index (χ4n) is 3.96. The van der Waals surface area contributed by atoms with E-state index < -0.39 is 15.9 Å². The largest absolute Gasteiger partial charge is 0.493 e. The predicted octanol–water partition coefficient (Wildman–Crippen LogP) is 4.03. The number of rotatable bonds is 7. The van der Waals surface area contributed by atoms with E-state index in [9.17, 15) is 13.2 Å². The van der Waals surface area contributed by atoms with Gasteiger partial charge in [0.05, 0.1) is 35.1 Å². The standard InChI is InChI=1S/C22H25NO5S2/c1-27-19-12-11-15(13-20(19)28-16-7-3-4-8-16)18(14-30(2,25)26)23-22(24)17-9-5-6-10-21(17)29-23/h5-6,9-13,16,18H,3-4,7-8,14H2,1-2H3/t18-/m1/s1. The molecular weight excluding hydrogens is 422 g/mol. The van der Waals surface area contributed by atoms with Gasteiger partial charge in [-0.1, -0.05) is 29.7 Å². The molecule has 30 heavy (non-hydrogen) atoms. The topological polar surface area (TPSA) is 74.6 Å². The van der Waals surface area contributed by atoms with Gasteiger partial charge in [-0.2, -0.15) is 0 Å². The maximum Gasteiger partial charge on any atom is 0.269 e. The molecule has 0 spiro atoms. The number of benzene rings is 2. The molecule has 0 N–H and O–H groups in total. The van der Waals surface area contributed by atoms with Crippen molar-refractivity contribution in [1.82, 2.24) is 3.96 Å². The molecule has 1 aliphatic carbocycles. The number of nitrogens with zero attached hydrogens (tertiary/aromatic N) is 1. The minimum atomic E-state index is -3.35. The molecule has 1 aliphatic rings. The fraction of sp³-hybridized carbons (Fsp3) is 0.409. The minimum absolute atomic E-state index is 0.134. The molecule has 2 aromatic carbocycles. The van der Waals surface area contributed by atoms with E-state index in [-0.39, 0.29) is 17.4 Å². The smallest absolute Gasteiger partial charge is 0.269 e. The Morgan fingerprint density at radius 1 is 1.13 bits per heavy atom. The normalized spacial score (nSPS) is 16.1. The first kappa shape index (κ1) is 20.9. The second-order valence-corrected chi connectivity index (χ2v) is 11.0. The van der Waals surface area contributed by atoms with Crippen LogP contribution < -0.4 is 15.0 Å². The number of sulfone groups is 1. The van der Waals surface area contributed by atoms with Gasteiger partial charge < -0.3 is 9.47 Å². The highest BCUT2D eigenvalue weighted by Gasteiger charge is 2.25. The van der Waals surface area contributed by atoms with Crippen molar-refractivity contribution in [1.29, 1.82) is 0 Å². The third-order valence-electron chi connectivity index (χ3n) is 5.43. The van der Waals surface area contributed by atoms with Crippen LogP contribution in [0.2, 0.25) is 0 Å². The Kier molecular flexibility index (Phi) is 5.88. The summed E-state index contributed by atoms with van der Waals surface area (Å²) in [6.45, 7) is 0. The van der Waals surface area contributed by atoms with E-state index >= 15 is 0 Å². The molecule has 0 aliphatic heterocycles. The highest BCUT2D eigenvalue weighted by molar-refractivity contribution is 7.90. The molecule has 8 heteroatoms. The minimum Gasteiger partial charge on any atom is -0.493 e. The SMILES string of the molecule is COc1ccc([C@@H](CS(C)(=O)=O)n2sc3ccccc3c2=O)cc1OC1CCCC1. The molecule has 0 bridgehead atoms. The van der Waals surface area contributed by atoms with Crippen LogP contribution in [0.15, 0.2) is 47.3 Å². The zero-order valence-corrected chi connectivity index (χ0v) is 18.7. The first-order chi connectivity index (χ1) is 14.4.